The number of benzene rings is 1. The highest BCUT2D eigenvalue weighted by molar-refractivity contribution is 5.94. The number of piperidine rings is 2. The van der Waals surface area contributed by atoms with E-state index in [9.17, 15) is 9.18 Å². The highest BCUT2D eigenvalue weighted by atomic mass is 19.1. The van der Waals surface area contributed by atoms with Crippen LogP contribution < -0.4 is 5.32 Å². The van der Waals surface area contributed by atoms with E-state index >= 15 is 0 Å². The summed E-state index contributed by atoms with van der Waals surface area (Å²) in [6.07, 6.45) is 7.10. The molecule has 2 saturated heterocycles. The van der Waals surface area contributed by atoms with Crippen molar-refractivity contribution in [2.45, 2.75) is 63.6 Å². The van der Waals surface area contributed by atoms with Crippen LogP contribution >= 0.6 is 0 Å². The lowest BCUT2D eigenvalue weighted by molar-refractivity contribution is 0.0245. The van der Waals surface area contributed by atoms with Crippen LogP contribution in [0.5, 0.6) is 0 Å². The van der Waals surface area contributed by atoms with E-state index < -0.39 is 0 Å². The standard InChI is InChI=1S/C18H25FN2O/c1-2-10-21-16-4-3-5-17(21)12-15(11-16)20-18(22)13-6-8-14(19)9-7-13/h6-9,15-17H,2-5,10-12H2,1H3,(H,20,22)/t15?,16-,17+. The Labute approximate surface area is 131 Å². The normalized spacial score (nSPS) is 28.4. The summed E-state index contributed by atoms with van der Waals surface area (Å²) in [5, 5.41) is 3.16. The van der Waals surface area contributed by atoms with Crippen molar-refractivity contribution >= 4 is 5.91 Å². The number of amides is 1. The van der Waals surface area contributed by atoms with Crippen LogP contribution in [0.1, 0.15) is 55.8 Å². The third-order valence-electron chi connectivity index (χ3n) is 5.05. The largest absolute Gasteiger partial charge is 0.349 e. The Morgan fingerprint density at radius 1 is 1.23 bits per heavy atom. The molecule has 0 radical (unpaired) electrons. The minimum Gasteiger partial charge on any atom is -0.349 e. The van der Waals surface area contributed by atoms with Crippen molar-refractivity contribution in [3.8, 4) is 0 Å². The third-order valence-corrected chi connectivity index (χ3v) is 5.05. The summed E-state index contributed by atoms with van der Waals surface area (Å²) in [4.78, 5) is 15.0. The minimum absolute atomic E-state index is 0.0768. The Hall–Kier alpha value is -1.42. The van der Waals surface area contributed by atoms with Crippen molar-refractivity contribution in [3.63, 3.8) is 0 Å². The first-order valence-electron chi connectivity index (χ1n) is 8.49. The minimum atomic E-state index is -0.307. The average Bonchev–Trinajstić information content (AvgIpc) is 2.49. The summed E-state index contributed by atoms with van der Waals surface area (Å²) in [6.45, 7) is 3.41. The van der Waals surface area contributed by atoms with Gasteiger partial charge in [-0.05, 0) is 62.9 Å². The number of carbonyl (C=O) groups excluding carboxylic acids is 1. The number of hydrogen-bond donors (Lipinski definition) is 1. The van der Waals surface area contributed by atoms with Gasteiger partial charge in [0, 0.05) is 23.7 Å². The van der Waals surface area contributed by atoms with Gasteiger partial charge in [-0.15, -0.1) is 0 Å². The lowest BCUT2D eigenvalue weighted by Gasteiger charge is -2.49. The van der Waals surface area contributed by atoms with E-state index in [-0.39, 0.29) is 17.8 Å². The van der Waals surface area contributed by atoms with Crippen LogP contribution in [0, 0.1) is 5.82 Å². The van der Waals surface area contributed by atoms with Crippen molar-refractivity contribution in [2.24, 2.45) is 0 Å². The van der Waals surface area contributed by atoms with Crippen LogP contribution in [0.2, 0.25) is 0 Å². The molecule has 3 nitrogen and oxygen atoms in total. The molecule has 1 N–H and O–H groups in total. The van der Waals surface area contributed by atoms with Gasteiger partial charge in [-0.25, -0.2) is 4.39 Å². The van der Waals surface area contributed by atoms with Crippen LogP contribution in [0.25, 0.3) is 0 Å². The van der Waals surface area contributed by atoms with E-state index in [2.05, 4.69) is 17.1 Å². The molecular formula is C18H25FN2O. The monoisotopic (exact) mass is 304 g/mol. The zero-order valence-corrected chi connectivity index (χ0v) is 13.2. The van der Waals surface area contributed by atoms with Crippen LogP contribution in [0.4, 0.5) is 4.39 Å². The molecule has 0 aliphatic carbocycles. The number of rotatable bonds is 4. The predicted molar refractivity (Wildman–Crippen MR) is 85.3 cm³/mol. The maximum atomic E-state index is 12.9. The second kappa shape index (κ2) is 6.78. The summed E-state index contributed by atoms with van der Waals surface area (Å²) in [5.41, 5.74) is 0.544. The Kier molecular flexibility index (Phi) is 4.77. The quantitative estimate of drug-likeness (QED) is 0.925. The van der Waals surface area contributed by atoms with Crippen LogP contribution in [-0.4, -0.2) is 35.5 Å². The molecule has 22 heavy (non-hydrogen) atoms. The molecule has 0 aromatic heterocycles. The summed E-state index contributed by atoms with van der Waals surface area (Å²) < 4.78 is 12.9. The predicted octanol–water partition coefficient (Wildman–Crippen LogP) is 3.35. The molecule has 120 valence electrons. The molecular weight excluding hydrogens is 279 g/mol. The van der Waals surface area contributed by atoms with Gasteiger partial charge in [0.2, 0.25) is 0 Å². The molecule has 2 fully saturated rings. The number of nitrogens with one attached hydrogen (secondary N) is 1. The molecule has 1 aromatic carbocycles. The number of nitrogens with zero attached hydrogens (tertiary/aromatic N) is 1. The van der Waals surface area contributed by atoms with Crippen molar-refractivity contribution in [1.82, 2.24) is 10.2 Å². The lowest BCUT2D eigenvalue weighted by atomic mass is 9.81. The van der Waals surface area contributed by atoms with Crippen molar-refractivity contribution < 1.29 is 9.18 Å². The van der Waals surface area contributed by atoms with E-state index in [0.29, 0.717) is 17.6 Å². The fourth-order valence-corrected chi connectivity index (χ4v) is 4.09. The van der Waals surface area contributed by atoms with Gasteiger partial charge in [-0.1, -0.05) is 13.3 Å². The topological polar surface area (TPSA) is 32.3 Å². The molecule has 2 aliphatic rings. The average molecular weight is 304 g/mol. The van der Waals surface area contributed by atoms with Gasteiger partial charge in [0.25, 0.3) is 5.91 Å². The summed E-state index contributed by atoms with van der Waals surface area (Å²) in [6, 6.07) is 7.27. The Balaban J connectivity index is 1.62. The maximum Gasteiger partial charge on any atom is 0.251 e. The fourth-order valence-electron chi connectivity index (χ4n) is 4.09. The zero-order chi connectivity index (χ0) is 15.5. The Bertz CT molecular complexity index is 502. The second-order valence-electron chi connectivity index (χ2n) is 6.63. The smallest absolute Gasteiger partial charge is 0.251 e. The second-order valence-corrected chi connectivity index (χ2v) is 6.63. The van der Waals surface area contributed by atoms with Gasteiger partial charge in [-0.2, -0.15) is 0 Å². The number of fused-ring (bicyclic) bond motifs is 2. The lowest BCUT2D eigenvalue weighted by Crippen LogP contribution is -2.57. The highest BCUT2D eigenvalue weighted by Crippen LogP contribution is 2.34. The van der Waals surface area contributed by atoms with E-state index in [1.54, 1.807) is 12.1 Å². The van der Waals surface area contributed by atoms with Crippen molar-refractivity contribution in [3.05, 3.63) is 35.6 Å². The van der Waals surface area contributed by atoms with Gasteiger partial charge in [0.1, 0.15) is 5.82 Å². The molecule has 1 aromatic rings. The van der Waals surface area contributed by atoms with E-state index in [0.717, 1.165) is 12.8 Å². The Morgan fingerprint density at radius 3 is 2.45 bits per heavy atom. The molecule has 2 aliphatic heterocycles. The first kappa shape index (κ1) is 15.5. The SMILES string of the molecule is CCCN1[C@@H]2CCC[C@H]1CC(NC(=O)c1ccc(F)cc1)C2. The van der Waals surface area contributed by atoms with E-state index in [4.69, 9.17) is 0 Å². The van der Waals surface area contributed by atoms with Crippen LogP contribution in [0.15, 0.2) is 24.3 Å². The molecule has 1 unspecified atom stereocenters. The van der Waals surface area contributed by atoms with Gasteiger partial charge in [0.05, 0.1) is 0 Å². The fraction of sp³-hybridized carbons (Fsp3) is 0.611. The summed E-state index contributed by atoms with van der Waals surface area (Å²) in [5.74, 6) is -0.383. The Morgan fingerprint density at radius 2 is 1.86 bits per heavy atom. The molecule has 3 rings (SSSR count). The van der Waals surface area contributed by atoms with Gasteiger partial charge < -0.3 is 5.32 Å². The number of halogens is 1. The van der Waals surface area contributed by atoms with Gasteiger partial charge >= 0.3 is 0 Å². The van der Waals surface area contributed by atoms with Gasteiger partial charge in [0.15, 0.2) is 0 Å². The summed E-state index contributed by atoms with van der Waals surface area (Å²) in [7, 11) is 0. The van der Waals surface area contributed by atoms with E-state index in [1.807, 2.05) is 0 Å². The van der Waals surface area contributed by atoms with Gasteiger partial charge in [-0.3, -0.25) is 9.69 Å². The molecule has 1 amide bonds. The number of hydrogen-bond acceptors (Lipinski definition) is 2. The molecule has 0 saturated carbocycles. The van der Waals surface area contributed by atoms with Crippen LogP contribution in [-0.2, 0) is 0 Å². The molecule has 0 spiro atoms. The van der Waals surface area contributed by atoms with E-state index in [1.165, 1.54) is 44.4 Å². The molecule has 2 heterocycles. The van der Waals surface area contributed by atoms with Crippen LogP contribution in [0.3, 0.4) is 0 Å². The number of carbonyl (C=O) groups is 1. The first-order valence-corrected chi connectivity index (χ1v) is 8.49. The summed E-state index contributed by atoms with van der Waals surface area (Å²) >= 11 is 0. The molecule has 3 atom stereocenters. The molecule has 4 heteroatoms. The maximum absolute atomic E-state index is 12.9. The first-order chi connectivity index (χ1) is 10.7. The van der Waals surface area contributed by atoms with Crippen molar-refractivity contribution in [1.29, 1.82) is 0 Å². The third kappa shape index (κ3) is 3.32. The zero-order valence-electron chi connectivity index (χ0n) is 13.2. The van der Waals surface area contributed by atoms with Crippen molar-refractivity contribution in [2.75, 3.05) is 6.54 Å². The highest BCUT2D eigenvalue weighted by Gasteiger charge is 2.38. The molecule has 2 bridgehead atoms.